The molecule has 0 saturated heterocycles. The number of halogens is 1. The van der Waals surface area contributed by atoms with Crippen molar-refractivity contribution < 1.29 is 13.9 Å². The van der Waals surface area contributed by atoms with Gasteiger partial charge in [0, 0.05) is 18.8 Å². The van der Waals surface area contributed by atoms with Crippen molar-refractivity contribution in [3.8, 4) is 0 Å². The third-order valence-electron chi connectivity index (χ3n) is 4.49. The van der Waals surface area contributed by atoms with Crippen LogP contribution in [0.4, 0.5) is 14.9 Å². The zero-order chi connectivity index (χ0) is 17.2. The molecule has 1 aromatic heterocycles. The number of nitrogens with one attached hydrogen (secondary N) is 1. The second-order valence-electron chi connectivity index (χ2n) is 6.53. The van der Waals surface area contributed by atoms with Gasteiger partial charge in [0.25, 0.3) is 0 Å². The van der Waals surface area contributed by atoms with E-state index in [4.69, 9.17) is 4.74 Å². The fourth-order valence-corrected chi connectivity index (χ4v) is 2.86. The summed E-state index contributed by atoms with van der Waals surface area (Å²) in [5.74, 6) is 0.314. The molecule has 2 heterocycles. The Labute approximate surface area is 144 Å². The van der Waals surface area contributed by atoms with Crippen molar-refractivity contribution in [3.63, 3.8) is 0 Å². The van der Waals surface area contributed by atoms with Crippen LogP contribution in [0.5, 0.6) is 0 Å². The number of ether oxygens (including phenoxy) is 1. The molecule has 1 saturated carbocycles. The predicted octanol–water partition coefficient (Wildman–Crippen LogP) is 2.39. The SMILES string of the molecule is O=C(Nc1cccc(F)c1)N1CCn2nnc(COCC3CC3)c2C1. The molecule has 25 heavy (non-hydrogen) atoms. The number of benzene rings is 1. The first-order valence-corrected chi connectivity index (χ1v) is 8.49. The lowest BCUT2D eigenvalue weighted by Crippen LogP contribution is -2.41. The maximum atomic E-state index is 13.2. The van der Waals surface area contributed by atoms with Gasteiger partial charge in [0.15, 0.2) is 0 Å². The van der Waals surface area contributed by atoms with E-state index in [1.807, 2.05) is 4.68 Å². The van der Waals surface area contributed by atoms with Gasteiger partial charge in [0.05, 0.1) is 25.4 Å². The number of carbonyl (C=O) groups is 1. The number of hydrogen-bond acceptors (Lipinski definition) is 4. The van der Waals surface area contributed by atoms with Crippen molar-refractivity contribution in [2.75, 3.05) is 18.5 Å². The molecule has 132 valence electrons. The molecular weight excluding hydrogens is 325 g/mol. The first-order valence-electron chi connectivity index (χ1n) is 8.49. The Morgan fingerprint density at radius 1 is 1.36 bits per heavy atom. The van der Waals surface area contributed by atoms with Crippen LogP contribution in [0.2, 0.25) is 0 Å². The number of rotatable bonds is 5. The zero-order valence-electron chi connectivity index (χ0n) is 13.8. The highest BCUT2D eigenvalue weighted by Crippen LogP contribution is 2.29. The molecular formula is C17H20FN5O2. The Bertz CT molecular complexity index is 774. The minimum atomic E-state index is -0.381. The predicted molar refractivity (Wildman–Crippen MR) is 88.2 cm³/mol. The van der Waals surface area contributed by atoms with Crippen molar-refractivity contribution in [2.24, 2.45) is 5.92 Å². The van der Waals surface area contributed by atoms with Gasteiger partial charge in [-0.2, -0.15) is 0 Å². The maximum absolute atomic E-state index is 13.2. The summed E-state index contributed by atoms with van der Waals surface area (Å²) in [6.07, 6.45) is 2.49. The van der Waals surface area contributed by atoms with E-state index in [-0.39, 0.29) is 11.8 Å². The molecule has 0 atom stereocenters. The van der Waals surface area contributed by atoms with E-state index < -0.39 is 0 Å². The second kappa shape index (κ2) is 6.79. The van der Waals surface area contributed by atoms with Crippen LogP contribution in [0.25, 0.3) is 0 Å². The average molecular weight is 345 g/mol. The van der Waals surface area contributed by atoms with Gasteiger partial charge in [-0.1, -0.05) is 11.3 Å². The van der Waals surface area contributed by atoms with Gasteiger partial charge in [0.2, 0.25) is 0 Å². The van der Waals surface area contributed by atoms with Crippen molar-refractivity contribution in [1.29, 1.82) is 0 Å². The number of urea groups is 1. The van der Waals surface area contributed by atoms with E-state index >= 15 is 0 Å². The molecule has 0 unspecified atom stereocenters. The smallest absolute Gasteiger partial charge is 0.322 e. The molecule has 1 fully saturated rings. The highest BCUT2D eigenvalue weighted by Gasteiger charge is 2.26. The van der Waals surface area contributed by atoms with E-state index in [2.05, 4.69) is 15.6 Å². The number of nitrogens with zero attached hydrogens (tertiary/aromatic N) is 4. The quantitative estimate of drug-likeness (QED) is 0.903. The number of carbonyl (C=O) groups excluding carboxylic acids is 1. The Kier molecular flexibility index (Phi) is 4.35. The summed E-state index contributed by atoms with van der Waals surface area (Å²) >= 11 is 0. The number of aromatic nitrogens is 3. The van der Waals surface area contributed by atoms with Gasteiger partial charge >= 0.3 is 6.03 Å². The first kappa shape index (κ1) is 16.0. The molecule has 0 radical (unpaired) electrons. The third-order valence-corrected chi connectivity index (χ3v) is 4.49. The normalized spacial score (nSPS) is 16.6. The average Bonchev–Trinajstić information content (AvgIpc) is 3.34. The lowest BCUT2D eigenvalue weighted by Gasteiger charge is -2.27. The van der Waals surface area contributed by atoms with E-state index in [0.29, 0.717) is 37.8 Å². The Morgan fingerprint density at radius 2 is 2.24 bits per heavy atom. The van der Waals surface area contributed by atoms with E-state index in [9.17, 15) is 9.18 Å². The van der Waals surface area contributed by atoms with Crippen LogP contribution in [-0.4, -0.2) is 39.1 Å². The lowest BCUT2D eigenvalue weighted by molar-refractivity contribution is 0.107. The summed E-state index contributed by atoms with van der Waals surface area (Å²) in [6, 6.07) is 5.60. The summed E-state index contributed by atoms with van der Waals surface area (Å²) in [7, 11) is 0. The van der Waals surface area contributed by atoms with E-state index in [1.165, 1.54) is 25.0 Å². The van der Waals surface area contributed by atoms with Crippen molar-refractivity contribution in [3.05, 3.63) is 41.5 Å². The maximum Gasteiger partial charge on any atom is 0.322 e. The highest BCUT2D eigenvalue weighted by molar-refractivity contribution is 5.89. The van der Waals surface area contributed by atoms with E-state index in [1.54, 1.807) is 17.0 Å². The second-order valence-corrected chi connectivity index (χ2v) is 6.53. The van der Waals surface area contributed by atoms with Crippen LogP contribution in [0.15, 0.2) is 24.3 Å². The topological polar surface area (TPSA) is 72.3 Å². The van der Waals surface area contributed by atoms with Gasteiger partial charge in [-0.3, -0.25) is 0 Å². The lowest BCUT2D eigenvalue weighted by atomic mass is 10.2. The molecule has 1 aliphatic carbocycles. The van der Waals surface area contributed by atoms with Gasteiger partial charge in [-0.05, 0) is 37.0 Å². The third kappa shape index (κ3) is 3.79. The van der Waals surface area contributed by atoms with Crippen molar-refractivity contribution in [2.45, 2.75) is 32.5 Å². The van der Waals surface area contributed by atoms with Crippen LogP contribution in [0.3, 0.4) is 0 Å². The zero-order valence-corrected chi connectivity index (χ0v) is 13.8. The molecule has 2 amide bonds. The Balaban J connectivity index is 1.39. The van der Waals surface area contributed by atoms with Crippen LogP contribution in [-0.2, 0) is 24.4 Å². The number of hydrogen-bond donors (Lipinski definition) is 1. The molecule has 1 aromatic carbocycles. The van der Waals surface area contributed by atoms with Gasteiger partial charge < -0.3 is 15.0 Å². The van der Waals surface area contributed by atoms with Crippen LogP contribution in [0, 0.1) is 11.7 Å². The Morgan fingerprint density at radius 3 is 3.04 bits per heavy atom. The van der Waals surface area contributed by atoms with Crippen LogP contribution < -0.4 is 5.32 Å². The minimum absolute atomic E-state index is 0.261. The van der Waals surface area contributed by atoms with Crippen LogP contribution >= 0.6 is 0 Å². The Hall–Kier alpha value is -2.48. The molecule has 8 heteroatoms. The standard InChI is InChI=1S/C17H20FN5O2/c18-13-2-1-3-14(8-13)19-17(24)22-6-7-23-16(9-22)15(20-21-23)11-25-10-12-4-5-12/h1-3,8,12H,4-7,9-11H2,(H,19,24). The minimum Gasteiger partial charge on any atom is -0.375 e. The highest BCUT2D eigenvalue weighted by atomic mass is 19.1. The van der Waals surface area contributed by atoms with Crippen molar-refractivity contribution in [1.82, 2.24) is 19.9 Å². The number of anilines is 1. The van der Waals surface area contributed by atoms with Crippen molar-refractivity contribution >= 4 is 11.7 Å². The monoisotopic (exact) mass is 345 g/mol. The fraction of sp³-hybridized carbons (Fsp3) is 0.471. The summed E-state index contributed by atoms with van der Waals surface area (Å²) < 4.78 is 20.8. The van der Waals surface area contributed by atoms with E-state index in [0.717, 1.165) is 18.0 Å². The molecule has 2 aliphatic rings. The number of amides is 2. The molecule has 2 aromatic rings. The largest absolute Gasteiger partial charge is 0.375 e. The summed E-state index contributed by atoms with van der Waals surface area (Å²) in [5.41, 5.74) is 2.12. The molecule has 0 bridgehead atoms. The molecule has 1 aliphatic heterocycles. The molecule has 4 rings (SSSR count). The molecule has 1 N–H and O–H groups in total. The summed E-state index contributed by atoms with van der Waals surface area (Å²) in [6.45, 7) is 2.71. The molecule has 0 spiro atoms. The first-order chi connectivity index (χ1) is 12.2. The van der Waals surface area contributed by atoms with Gasteiger partial charge in [-0.15, -0.1) is 5.10 Å². The van der Waals surface area contributed by atoms with Gasteiger partial charge in [0.1, 0.15) is 11.5 Å². The summed E-state index contributed by atoms with van der Waals surface area (Å²) in [5, 5.41) is 11.0. The summed E-state index contributed by atoms with van der Waals surface area (Å²) in [4.78, 5) is 14.1. The molecule has 7 nitrogen and oxygen atoms in total. The van der Waals surface area contributed by atoms with Gasteiger partial charge in [-0.25, -0.2) is 13.9 Å². The number of fused-ring (bicyclic) bond motifs is 1. The van der Waals surface area contributed by atoms with Crippen LogP contribution in [0.1, 0.15) is 24.2 Å². The fourth-order valence-electron chi connectivity index (χ4n) is 2.86.